The number of carbonyl (C=O) groups excluding carboxylic acids is 1. The first-order valence-electron chi connectivity index (χ1n) is 18.8. The summed E-state index contributed by atoms with van der Waals surface area (Å²) in [5, 5.41) is 22.0. The van der Waals surface area contributed by atoms with E-state index in [4.69, 9.17) is 10.2 Å². The van der Waals surface area contributed by atoms with E-state index in [0.717, 1.165) is 53.5 Å². The zero-order valence-electron chi connectivity index (χ0n) is 34.0. The van der Waals surface area contributed by atoms with E-state index < -0.39 is 47.9 Å². The quantitative estimate of drug-likeness (QED) is 0.107. The average Bonchev–Trinajstić information content (AvgIpc) is 3.15. The van der Waals surface area contributed by atoms with Gasteiger partial charge in [-0.25, -0.2) is 4.79 Å². The summed E-state index contributed by atoms with van der Waals surface area (Å²) in [6.45, 7) is 1.94. The van der Waals surface area contributed by atoms with Crippen LogP contribution in [0.3, 0.4) is 0 Å². The Morgan fingerprint density at radius 3 is 1.81 bits per heavy atom. The molecule has 2 saturated carbocycles. The van der Waals surface area contributed by atoms with E-state index >= 15 is 0 Å². The van der Waals surface area contributed by atoms with Crippen molar-refractivity contribution < 1.29 is 95.1 Å². The van der Waals surface area contributed by atoms with Crippen molar-refractivity contribution in [3.63, 3.8) is 0 Å². The van der Waals surface area contributed by atoms with Crippen LogP contribution in [0.25, 0.3) is 16.8 Å². The minimum absolute atomic E-state index is 0. The number of benzene rings is 3. The Bertz CT molecular complexity index is 1800. The Balaban J connectivity index is 0.000000912. The Kier molecular flexibility index (Phi) is 22.4. The van der Waals surface area contributed by atoms with Gasteiger partial charge >= 0.3 is 60.0 Å². The first-order valence-corrected chi connectivity index (χ1v) is 18.8. The molecule has 2 aliphatic carbocycles. The Hall–Kier alpha value is -3.50. The zero-order chi connectivity index (χ0) is 42.4. The molecule has 0 aromatic heterocycles. The van der Waals surface area contributed by atoms with Crippen LogP contribution in [-0.4, -0.2) is 48.8 Å². The molecule has 5 unspecified atom stereocenters. The van der Waals surface area contributed by atoms with E-state index in [2.05, 4.69) is 5.32 Å². The largest absolute Gasteiger partial charge is 1.00 e. The molecule has 319 valence electrons. The average molecular weight is 853 g/mol. The molecule has 3 aromatic rings. The molecule has 0 aliphatic heterocycles. The molecular formula is C42H49BF9NNaO5. The van der Waals surface area contributed by atoms with E-state index in [9.17, 15) is 53.9 Å². The van der Waals surface area contributed by atoms with Crippen molar-refractivity contribution in [3.8, 4) is 0 Å². The summed E-state index contributed by atoms with van der Waals surface area (Å²) in [5.74, 6) is -4.72. The van der Waals surface area contributed by atoms with Gasteiger partial charge in [-0.15, -0.1) is 0 Å². The topological polar surface area (TPSA) is 104 Å². The van der Waals surface area contributed by atoms with Crippen LogP contribution >= 0.6 is 0 Å². The molecule has 3 aromatic carbocycles. The molecule has 2 aliphatic rings. The number of hydrogen-bond acceptors (Lipinski definition) is 3. The van der Waals surface area contributed by atoms with E-state index in [1.807, 2.05) is 49.4 Å². The van der Waals surface area contributed by atoms with Gasteiger partial charge in [0.15, 0.2) is 0 Å². The minimum Gasteiger partial charge on any atom is -1.00 e. The summed E-state index contributed by atoms with van der Waals surface area (Å²) < 4.78 is 113. The number of carboxylic acid groups (broad SMARTS) is 2. The van der Waals surface area contributed by atoms with E-state index in [1.54, 1.807) is 0 Å². The summed E-state index contributed by atoms with van der Waals surface area (Å²) in [7, 11) is 0. The standard InChI is InChI=1S/C22H26F3NO.C10H15F3O2.C10H7F3O2.B.Na.H/c1-15(19-11-5-8-17-7-2-3-10-20(17)19)26-21(27)13-12-16-6-4-9-18(14-16)22(23,24)25;2*11-10(12,13)8-3-1-2-7(6-8)4-5-9(14)15;;;/h2-3,5,7-8,10-11,15-16,18H,4,6,9,12-14H2,1H3,(H,26,27);7-8H,1-6H2,(H,14,15);1-6H,(H,14,15);;;/q;;;;+1;-1/b;;5-4+;;;. The number of alkyl halides is 9. The van der Waals surface area contributed by atoms with Crippen molar-refractivity contribution in [2.75, 3.05) is 0 Å². The van der Waals surface area contributed by atoms with Gasteiger partial charge in [0.1, 0.15) is 0 Å². The van der Waals surface area contributed by atoms with Crippen LogP contribution in [0.1, 0.15) is 108 Å². The van der Waals surface area contributed by atoms with Crippen LogP contribution in [-0.2, 0) is 20.6 Å². The maximum atomic E-state index is 12.9. The number of carbonyl (C=O) groups is 3. The third-order valence-corrected chi connectivity index (χ3v) is 10.3. The fourth-order valence-electron chi connectivity index (χ4n) is 7.37. The molecule has 59 heavy (non-hydrogen) atoms. The van der Waals surface area contributed by atoms with Crippen molar-refractivity contribution in [1.29, 1.82) is 0 Å². The number of amides is 1. The van der Waals surface area contributed by atoms with Crippen LogP contribution < -0.4 is 34.9 Å². The number of aliphatic carboxylic acids is 2. The monoisotopic (exact) mass is 852 g/mol. The van der Waals surface area contributed by atoms with Gasteiger partial charge in [-0.1, -0.05) is 80.3 Å². The van der Waals surface area contributed by atoms with Gasteiger partial charge < -0.3 is 17.0 Å². The SMILES string of the molecule is CC(NC(=O)CCC1CCCC(C(F)(F)F)C1)c1cccc2ccccc12.O=C(O)/C=C/c1cccc(C(F)(F)F)c1.O=C(O)CCC1CCCC(C(F)(F)F)C1.[B].[H-].[Na+]. The fourth-order valence-corrected chi connectivity index (χ4v) is 7.37. The van der Waals surface area contributed by atoms with Gasteiger partial charge in [-0.2, -0.15) is 39.5 Å². The van der Waals surface area contributed by atoms with Gasteiger partial charge in [0.25, 0.3) is 0 Å². The number of nitrogens with one attached hydrogen (secondary N) is 1. The summed E-state index contributed by atoms with van der Waals surface area (Å²) in [6, 6.07) is 18.3. The normalized spacial score (nSPS) is 20.0. The van der Waals surface area contributed by atoms with Crippen molar-refractivity contribution in [1.82, 2.24) is 5.32 Å². The zero-order valence-corrected chi connectivity index (χ0v) is 35.0. The van der Waals surface area contributed by atoms with Crippen molar-refractivity contribution in [2.45, 2.75) is 109 Å². The Labute approximate surface area is 363 Å². The summed E-state index contributed by atoms with van der Waals surface area (Å²) in [6.07, 6.45) is -6.17. The van der Waals surface area contributed by atoms with E-state index in [0.29, 0.717) is 25.7 Å². The van der Waals surface area contributed by atoms with Crippen molar-refractivity contribution >= 4 is 43.1 Å². The van der Waals surface area contributed by atoms with Crippen molar-refractivity contribution in [2.24, 2.45) is 23.7 Å². The smallest absolute Gasteiger partial charge is 1.00 e. The molecule has 0 heterocycles. The minimum atomic E-state index is -4.41. The molecular weight excluding hydrogens is 803 g/mol. The van der Waals surface area contributed by atoms with Gasteiger partial charge in [0, 0.05) is 27.3 Å². The van der Waals surface area contributed by atoms with Crippen LogP contribution in [0, 0.1) is 23.7 Å². The van der Waals surface area contributed by atoms with Crippen LogP contribution in [0.4, 0.5) is 39.5 Å². The number of hydrogen-bond donors (Lipinski definition) is 3. The van der Waals surface area contributed by atoms with E-state index in [-0.39, 0.29) is 107 Å². The maximum Gasteiger partial charge on any atom is 1.00 e. The first-order chi connectivity index (χ1) is 26.6. The van der Waals surface area contributed by atoms with Gasteiger partial charge in [0.05, 0.1) is 23.4 Å². The van der Waals surface area contributed by atoms with Crippen molar-refractivity contribution in [3.05, 3.63) is 89.5 Å². The van der Waals surface area contributed by atoms with Gasteiger partial charge in [0.2, 0.25) is 5.91 Å². The number of carboxylic acids is 2. The fraction of sp³-hybridized carbons (Fsp3) is 0.500. The Morgan fingerprint density at radius 1 is 0.763 bits per heavy atom. The third-order valence-electron chi connectivity index (χ3n) is 10.3. The molecule has 1 amide bonds. The molecule has 5 atom stereocenters. The molecule has 5 rings (SSSR count). The second-order valence-corrected chi connectivity index (χ2v) is 14.7. The van der Waals surface area contributed by atoms with Crippen LogP contribution in [0.15, 0.2) is 72.8 Å². The summed E-state index contributed by atoms with van der Waals surface area (Å²) >= 11 is 0. The van der Waals surface area contributed by atoms with Gasteiger partial charge in [-0.05, 0) is 97.4 Å². The third kappa shape index (κ3) is 19.2. The molecule has 0 spiro atoms. The molecule has 0 bridgehead atoms. The predicted molar refractivity (Wildman–Crippen MR) is 205 cm³/mol. The molecule has 3 N–H and O–H groups in total. The van der Waals surface area contributed by atoms with Crippen LogP contribution in [0.2, 0.25) is 0 Å². The number of halogens is 9. The molecule has 3 radical (unpaired) electrons. The molecule has 17 heteroatoms. The molecule has 6 nitrogen and oxygen atoms in total. The number of fused-ring (bicyclic) bond motifs is 1. The Morgan fingerprint density at radius 2 is 1.29 bits per heavy atom. The second-order valence-electron chi connectivity index (χ2n) is 14.7. The summed E-state index contributed by atoms with van der Waals surface area (Å²) in [5.41, 5.74) is 0.457. The first kappa shape index (κ1) is 53.5. The van der Waals surface area contributed by atoms with Crippen LogP contribution in [0.5, 0.6) is 0 Å². The summed E-state index contributed by atoms with van der Waals surface area (Å²) in [4.78, 5) is 32.8. The maximum absolute atomic E-state index is 12.9. The second kappa shape index (κ2) is 24.7. The van der Waals surface area contributed by atoms with E-state index in [1.165, 1.54) is 12.1 Å². The molecule has 0 saturated heterocycles. The number of rotatable bonds is 10. The predicted octanol–water partition coefficient (Wildman–Crippen LogP) is 8.92. The molecule has 2 fully saturated rings. The van der Waals surface area contributed by atoms with Gasteiger partial charge in [-0.3, -0.25) is 9.59 Å².